The van der Waals surface area contributed by atoms with E-state index >= 15 is 0 Å². The Kier molecular flexibility index (Phi) is 5.71. The van der Waals surface area contributed by atoms with Crippen LogP contribution in [0.5, 0.6) is 0 Å². The molecule has 0 fully saturated rings. The van der Waals surface area contributed by atoms with Crippen LogP contribution in [0.25, 0.3) is 11.3 Å². The number of benzene rings is 2. The van der Waals surface area contributed by atoms with Crippen molar-refractivity contribution in [3.8, 4) is 11.3 Å². The van der Waals surface area contributed by atoms with E-state index in [-0.39, 0.29) is 12.6 Å². The standard InChI is InChI=1S/C20H21ClN4O/c1-13-8-9-17(16(21)10-13)23-19-11-18(15-6-4-3-5-7-15)24-20(25-19)22-14(2)12-26/h3-11,14,26H,12H2,1-2H3,(H2,22,23,24,25)/t14-/m1/s1. The Balaban J connectivity index is 1.98. The van der Waals surface area contributed by atoms with Crippen LogP contribution >= 0.6 is 11.6 Å². The third kappa shape index (κ3) is 4.50. The SMILES string of the molecule is Cc1ccc(Nc2cc(-c3ccccc3)nc(N[C@H](C)CO)n2)c(Cl)c1. The Morgan fingerprint density at radius 2 is 1.85 bits per heavy atom. The Bertz CT molecular complexity index is 886. The fourth-order valence-electron chi connectivity index (χ4n) is 2.46. The molecule has 0 amide bonds. The Morgan fingerprint density at radius 3 is 2.54 bits per heavy atom. The summed E-state index contributed by atoms with van der Waals surface area (Å²) in [5, 5.41) is 16.3. The summed E-state index contributed by atoms with van der Waals surface area (Å²) < 4.78 is 0. The molecule has 0 bridgehead atoms. The van der Waals surface area contributed by atoms with Crippen molar-refractivity contribution in [2.45, 2.75) is 19.9 Å². The summed E-state index contributed by atoms with van der Waals surface area (Å²) in [4.78, 5) is 9.07. The maximum atomic E-state index is 9.30. The highest BCUT2D eigenvalue weighted by molar-refractivity contribution is 6.33. The van der Waals surface area contributed by atoms with Gasteiger partial charge in [-0.25, -0.2) is 4.98 Å². The molecule has 0 saturated heterocycles. The molecule has 134 valence electrons. The van der Waals surface area contributed by atoms with Crippen LogP contribution in [0.15, 0.2) is 54.6 Å². The van der Waals surface area contributed by atoms with Crippen molar-refractivity contribution in [1.82, 2.24) is 9.97 Å². The number of aliphatic hydroxyl groups excluding tert-OH is 1. The second kappa shape index (κ2) is 8.17. The van der Waals surface area contributed by atoms with E-state index in [0.29, 0.717) is 16.8 Å². The second-order valence-electron chi connectivity index (χ2n) is 6.16. The normalized spacial score (nSPS) is 11.8. The van der Waals surface area contributed by atoms with Gasteiger partial charge < -0.3 is 15.7 Å². The van der Waals surface area contributed by atoms with E-state index in [1.165, 1.54) is 0 Å². The third-order valence-corrected chi connectivity index (χ3v) is 4.15. The van der Waals surface area contributed by atoms with Gasteiger partial charge in [0, 0.05) is 17.7 Å². The third-order valence-electron chi connectivity index (χ3n) is 3.83. The number of rotatable bonds is 6. The molecule has 6 heteroatoms. The van der Waals surface area contributed by atoms with Crippen LogP contribution in [0.3, 0.4) is 0 Å². The molecule has 0 aliphatic heterocycles. The maximum absolute atomic E-state index is 9.30. The smallest absolute Gasteiger partial charge is 0.225 e. The molecule has 0 radical (unpaired) electrons. The van der Waals surface area contributed by atoms with E-state index < -0.39 is 0 Å². The zero-order valence-electron chi connectivity index (χ0n) is 14.7. The molecule has 3 aromatic rings. The molecule has 0 spiro atoms. The molecule has 0 saturated carbocycles. The van der Waals surface area contributed by atoms with E-state index in [0.717, 1.165) is 22.5 Å². The zero-order valence-corrected chi connectivity index (χ0v) is 15.5. The van der Waals surface area contributed by atoms with Crippen LogP contribution in [-0.4, -0.2) is 27.7 Å². The molecule has 2 aromatic carbocycles. The summed E-state index contributed by atoms with van der Waals surface area (Å²) in [5.74, 6) is 1.07. The summed E-state index contributed by atoms with van der Waals surface area (Å²) >= 11 is 6.33. The molecule has 3 rings (SSSR count). The van der Waals surface area contributed by atoms with E-state index in [1.54, 1.807) is 0 Å². The van der Waals surface area contributed by atoms with Crippen LogP contribution in [-0.2, 0) is 0 Å². The molecule has 26 heavy (non-hydrogen) atoms. The highest BCUT2D eigenvalue weighted by Gasteiger charge is 2.10. The van der Waals surface area contributed by atoms with Crippen molar-refractivity contribution in [3.05, 3.63) is 65.2 Å². The Hall–Kier alpha value is -2.63. The van der Waals surface area contributed by atoms with E-state index in [2.05, 4.69) is 20.6 Å². The predicted molar refractivity (Wildman–Crippen MR) is 107 cm³/mol. The number of nitrogens with zero attached hydrogens (tertiary/aromatic N) is 2. The highest BCUT2D eigenvalue weighted by atomic mass is 35.5. The minimum absolute atomic E-state index is 0.00846. The van der Waals surface area contributed by atoms with Gasteiger partial charge in [0.1, 0.15) is 5.82 Å². The largest absolute Gasteiger partial charge is 0.394 e. The molecule has 1 aromatic heterocycles. The van der Waals surface area contributed by atoms with Crippen molar-refractivity contribution >= 4 is 29.1 Å². The molecule has 1 atom stereocenters. The summed E-state index contributed by atoms with van der Waals surface area (Å²) in [6.45, 7) is 3.85. The van der Waals surface area contributed by atoms with Crippen LogP contribution in [0, 0.1) is 6.92 Å². The maximum Gasteiger partial charge on any atom is 0.225 e. The monoisotopic (exact) mass is 368 g/mol. The van der Waals surface area contributed by atoms with Crippen molar-refractivity contribution in [1.29, 1.82) is 0 Å². The van der Waals surface area contributed by atoms with Gasteiger partial charge in [0.05, 0.1) is 23.0 Å². The fourth-order valence-corrected chi connectivity index (χ4v) is 2.74. The van der Waals surface area contributed by atoms with Gasteiger partial charge in [0.25, 0.3) is 0 Å². The first kappa shape index (κ1) is 18.2. The van der Waals surface area contributed by atoms with Crippen LogP contribution in [0.2, 0.25) is 5.02 Å². The van der Waals surface area contributed by atoms with Gasteiger partial charge >= 0.3 is 0 Å². The molecule has 0 unspecified atom stereocenters. The number of aliphatic hydroxyl groups is 1. The minimum Gasteiger partial charge on any atom is -0.394 e. The number of hydrogen-bond donors (Lipinski definition) is 3. The van der Waals surface area contributed by atoms with Gasteiger partial charge in [0.2, 0.25) is 5.95 Å². The first-order chi connectivity index (χ1) is 12.5. The topological polar surface area (TPSA) is 70.1 Å². The average molecular weight is 369 g/mol. The lowest BCUT2D eigenvalue weighted by molar-refractivity contribution is 0.281. The molecule has 5 nitrogen and oxygen atoms in total. The van der Waals surface area contributed by atoms with Gasteiger partial charge in [-0.3, -0.25) is 0 Å². The highest BCUT2D eigenvalue weighted by Crippen LogP contribution is 2.28. The van der Waals surface area contributed by atoms with Gasteiger partial charge in [0.15, 0.2) is 0 Å². The molecule has 3 N–H and O–H groups in total. The lowest BCUT2D eigenvalue weighted by Gasteiger charge is -2.15. The summed E-state index contributed by atoms with van der Waals surface area (Å²) in [7, 11) is 0. The number of aryl methyl sites for hydroxylation is 1. The number of hydrogen-bond acceptors (Lipinski definition) is 5. The van der Waals surface area contributed by atoms with Gasteiger partial charge in [-0.15, -0.1) is 0 Å². The van der Waals surface area contributed by atoms with E-state index in [4.69, 9.17) is 11.6 Å². The van der Waals surface area contributed by atoms with Crippen molar-refractivity contribution < 1.29 is 5.11 Å². The molecule has 1 heterocycles. The second-order valence-corrected chi connectivity index (χ2v) is 6.57. The van der Waals surface area contributed by atoms with Crippen molar-refractivity contribution in [2.75, 3.05) is 17.2 Å². The first-order valence-electron chi connectivity index (χ1n) is 8.40. The van der Waals surface area contributed by atoms with Gasteiger partial charge in [-0.2, -0.15) is 4.98 Å². The lowest BCUT2D eigenvalue weighted by atomic mass is 10.1. The summed E-state index contributed by atoms with van der Waals surface area (Å²) in [5.41, 5.74) is 3.62. The number of aromatic nitrogens is 2. The molecular formula is C20H21ClN4O. The lowest BCUT2D eigenvalue weighted by Crippen LogP contribution is -2.21. The number of nitrogens with one attached hydrogen (secondary N) is 2. The number of anilines is 3. The number of halogens is 1. The first-order valence-corrected chi connectivity index (χ1v) is 8.78. The van der Waals surface area contributed by atoms with Gasteiger partial charge in [-0.1, -0.05) is 48.0 Å². The van der Waals surface area contributed by atoms with Crippen LogP contribution < -0.4 is 10.6 Å². The average Bonchev–Trinajstić information content (AvgIpc) is 2.64. The molecular weight excluding hydrogens is 348 g/mol. The minimum atomic E-state index is -0.156. The zero-order chi connectivity index (χ0) is 18.5. The van der Waals surface area contributed by atoms with Crippen LogP contribution in [0.1, 0.15) is 12.5 Å². The molecule has 0 aliphatic carbocycles. The van der Waals surface area contributed by atoms with E-state index in [1.807, 2.05) is 68.4 Å². The molecule has 0 aliphatic rings. The van der Waals surface area contributed by atoms with E-state index in [9.17, 15) is 5.11 Å². The van der Waals surface area contributed by atoms with Crippen molar-refractivity contribution in [2.24, 2.45) is 0 Å². The predicted octanol–water partition coefficient (Wildman–Crippen LogP) is 4.64. The summed E-state index contributed by atoms with van der Waals surface area (Å²) in [6, 6.07) is 17.4. The van der Waals surface area contributed by atoms with Gasteiger partial charge in [-0.05, 0) is 31.5 Å². The van der Waals surface area contributed by atoms with Crippen LogP contribution in [0.4, 0.5) is 17.5 Å². The Morgan fingerprint density at radius 1 is 1.08 bits per heavy atom. The quantitative estimate of drug-likeness (QED) is 0.591. The van der Waals surface area contributed by atoms with Crippen molar-refractivity contribution in [3.63, 3.8) is 0 Å². The summed E-state index contributed by atoms with van der Waals surface area (Å²) in [6.07, 6.45) is 0. The Labute approximate surface area is 158 Å². The fraction of sp³-hybridized carbons (Fsp3) is 0.200.